The molecule has 13 rings (SSSR count). The zero-order chi connectivity index (χ0) is 96.6. The monoisotopic (exact) mass is 1750 g/mol. The number of H-pyrrole nitrogens is 3. The molecule has 31 heteroatoms. The third-order valence-corrected chi connectivity index (χ3v) is 18.5. The molecule has 0 fully saturated rings. The van der Waals surface area contributed by atoms with Crippen LogP contribution in [0, 0.1) is 34.6 Å². The molecular formula is C94H164N28O2S. The summed E-state index contributed by atoms with van der Waals surface area (Å²) in [6, 6.07) is 7.98. The van der Waals surface area contributed by atoms with Crippen LogP contribution in [0.15, 0.2) is 145 Å². The molecule has 0 radical (unpaired) electrons. The molecule has 0 aliphatic carbocycles. The van der Waals surface area contributed by atoms with Gasteiger partial charge in [0.15, 0.2) is 5.89 Å². The van der Waals surface area contributed by atoms with E-state index in [2.05, 4.69) is 387 Å². The van der Waals surface area contributed by atoms with Crippen LogP contribution < -0.4 is 5.32 Å². The van der Waals surface area contributed by atoms with Gasteiger partial charge < -0.3 is 18.7 Å². The fourth-order valence-corrected chi connectivity index (χ4v) is 10.3. The third kappa shape index (κ3) is 45.9. The summed E-state index contributed by atoms with van der Waals surface area (Å²) >= 11 is 1.81. The Bertz CT molecular complexity index is 4220. The van der Waals surface area contributed by atoms with Crippen molar-refractivity contribution in [1.29, 1.82) is 0 Å². The number of aromatic nitrogens is 27. The normalized spacial score (nSPS) is 11.9. The first-order chi connectivity index (χ1) is 56.7. The Labute approximate surface area is 754 Å². The number of aromatic amines is 3. The number of nitrogens with zero attached hydrogens (tertiary/aromatic N) is 24. The molecule has 0 atom stereocenters. The van der Waals surface area contributed by atoms with E-state index in [0.29, 0.717) is 11.8 Å². The number of imidazole rings is 1. The van der Waals surface area contributed by atoms with Crippen molar-refractivity contribution in [3.05, 3.63) is 203 Å². The summed E-state index contributed by atoms with van der Waals surface area (Å²) in [6.45, 7) is 92.8. The number of aryl methyl sites for hydroxylation is 6. The molecule has 125 heavy (non-hydrogen) atoms. The molecule has 0 saturated heterocycles. The summed E-state index contributed by atoms with van der Waals surface area (Å²) in [5.41, 5.74) is 8.81. The van der Waals surface area contributed by atoms with Crippen LogP contribution in [0.1, 0.15) is 337 Å². The quantitative estimate of drug-likeness (QED) is 0.119. The Morgan fingerprint density at radius 1 is 0.448 bits per heavy atom. The lowest BCUT2D eigenvalue weighted by Gasteiger charge is -2.19. The molecule has 4 N–H and O–H groups in total. The highest BCUT2D eigenvalue weighted by Gasteiger charge is 2.24. The summed E-state index contributed by atoms with van der Waals surface area (Å²) in [5, 5.41) is 64.4. The van der Waals surface area contributed by atoms with Gasteiger partial charge >= 0.3 is 0 Å². The van der Waals surface area contributed by atoms with E-state index in [1.807, 2.05) is 151 Å². The van der Waals surface area contributed by atoms with Gasteiger partial charge in [0.2, 0.25) is 11.8 Å². The second kappa shape index (κ2) is 47.8. The zero-order valence-corrected chi connectivity index (χ0v) is 86.5. The van der Waals surface area contributed by atoms with Crippen LogP contribution in [0.4, 0.5) is 5.82 Å². The second-order valence-electron chi connectivity index (χ2n) is 43.4. The fourth-order valence-electron chi connectivity index (χ4n) is 9.31. The third-order valence-electron chi connectivity index (χ3n) is 17.0. The number of thiazole rings is 1. The van der Waals surface area contributed by atoms with Crippen molar-refractivity contribution in [3.8, 4) is 0 Å². The van der Waals surface area contributed by atoms with Crippen LogP contribution >= 0.6 is 11.3 Å². The van der Waals surface area contributed by atoms with Crippen LogP contribution in [0.5, 0.6) is 0 Å². The predicted octanol–water partition coefficient (Wildman–Crippen LogP) is 22.2. The lowest BCUT2D eigenvalue weighted by molar-refractivity contribution is 0.312. The molecular weight excluding hydrogens is 1590 g/mol. The Morgan fingerprint density at radius 2 is 1.02 bits per heavy atom. The minimum atomic E-state index is -0.0265. The lowest BCUT2D eigenvalue weighted by atomic mass is 9.90. The van der Waals surface area contributed by atoms with Crippen LogP contribution in [0.2, 0.25) is 0 Å². The van der Waals surface area contributed by atoms with E-state index in [-0.39, 0.29) is 71.1 Å². The molecule has 0 aliphatic rings. The molecule has 13 aromatic heterocycles. The highest BCUT2D eigenvalue weighted by atomic mass is 32.1. The average molecular weight is 1750 g/mol. The molecule has 698 valence electrons. The first-order valence-electron chi connectivity index (χ1n) is 42.7. The first-order valence-corrected chi connectivity index (χ1v) is 43.5. The van der Waals surface area contributed by atoms with E-state index in [0.717, 1.165) is 28.9 Å². The number of oxazole rings is 1. The minimum Gasteiger partial charge on any atom is -0.445 e. The molecule has 0 saturated carbocycles. The van der Waals surface area contributed by atoms with E-state index < -0.39 is 0 Å². The van der Waals surface area contributed by atoms with Gasteiger partial charge in [-0.2, -0.15) is 50.7 Å². The van der Waals surface area contributed by atoms with E-state index >= 15 is 0 Å². The SMILES string of the molecule is CC(C)(C)c1ccn[nH]1.CC(C)(C)c1cn[nH]c1.CC(C)(C)n1cccn1.CC(C)(C)n1ccnc1.CC(C)(C)n1ccnn1.CC(C)(C)n1cncn1.CC(C)(C)n1nccn1.CNc1ccn(C(C)(C)C)n1.Cc1cc(C(C)(C)C)n[nH]1.Cc1cnc(C(C)(C)C)o1.Cc1nc(C)c(C(C)(C)C)s1.Cc1nnc(C(C)(C)C)o1.Cn1cc(C(C)(C)C)cn1. The standard InChI is InChI=1S/C9H15NS.C8H15N3.2C8H14N2.C8H13NO.C7H12N2O.4C7H12N2.3C6H11N3/c1-6-8(9(3,4)5)11-7(2)10-6;1-8(2,3)11-6-5-7(9-4)10-11;1-8(2,3)7-5-9-10(4)6-7;1-6-5-7(10-9-6)8(2,3)4;1-6-5-9-7(10-6)8(2,3)4;1-5-8-9-6(10-5)7(2,3)4;1-7(2,3)6-4-8-9-5-6;1-7(2,3)9-5-4-8-6-9;1-7(2,3)9-6-4-5-8-9;1-7(2,3)6-4-5-8-9-6;1-6(2,3)9-5-7-4-8-9;1-6(2,3)9-5-4-7-8-9;1-6(2,3)9-7-4-5-8-9/h1-5H3;5-6H,1-4H3,(H,9,10);5-6H,1-4H3;5H,1-4H3,(H,9,10);5H,1-4H3;1-4H3;4-5H,1-3H3,(H,8,9);2*4-6H,1-3H3;4-5H,1-3H3,(H,8,9);3*4-5H,1-3H3. The van der Waals surface area contributed by atoms with Gasteiger partial charge in [0.1, 0.15) is 24.2 Å². The van der Waals surface area contributed by atoms with Crippen molar-refractivity contribution < 1.29 is 8.83 Å². The Balaban J connectivity index is 0.000000677. The largest absolute Gasteiger partial charge is 0.445 e. The Morgan fingerprint density at radius 3 is 1.24 bits per heavy atom. The molecule has 0 amide bonds. The van der Waals surface area contributed by atoms with Gasteiger partial charge in [-0.3, -0.25) is 29.3 Å². The van der Waals surface area contributed by atoms with Gasteiger partial charge in [-0.05, 0) is 198 Å². The van der Waals surface area contributed by atoms with Gasteiger partial charge in [-0.25, -0.2) is 29.3 Å². The Kier molecular flexibility index (Phi) is 43.1. The molecule has 30 nitrogen and oxygen atoms in total. The van der Waals surface area contributed by atoms with Crippen molar-refractivity contribution in [3.63, 3.8) is 0 Å². The summed E-state index contributed by atoms with van der Waals surface area (Å²) in [7, 11) is 3.81. The number of nitrogens with one attached hydrogen (secondary N) is 4. The van der Waals surface area contributed by atoms with Crippen molar-refractivity contribution in [2.24, 2.45) is 7.05 Å². The zero-order valence-electron chi connectivity index (χ0n) is 85.7. The summed E-state index contributed by atoms with van der Waals surface area (Å²) < 4.78 is 22.0. The smallest absolute Gasteiger partial charge is 0.221 e. The Hall–Kier alpha value is -10.3. The van der Waals surface area contributed by atoms with Crippen LogP contribution in [0.3, 0.4) is 0 Å². The summed E-state index contributed by atoms with van der Waals surface area (Å²) in [6.07, 6.45) is 32.8. The molecule has 0 spiro atoms. The molecule has 0 unspecified atom stereocenters. The van der Waals surface area contributed by atoms with E-state index in [9.17, 15) is 0 Å². The van der Waals surface area contributed by atoms with Gasteiger partial charge in [0.25, 0.3) is 0 Å². The van der Waals surface area contributed by atoms with Crippen molar-refractivity contribution in [2.45, 2.75) is 376 Å². The number of hydrogen-bond acceptors (Lipinski definition) is 21. The van der Waals surface area contributed by atoms with Crippen molar-refractivity contribution >= 4 is 17.2 Å². The van der Waals surface area contributed by atoms with E-state index in [1.54, 1.807) is 67.8 Å². The number of anilines is 1. The number of hydrogen-bond donors (Lipinski definition) is 4. The van der Waals surface area contributed by atoms with E-state index in [4.69, 9.17) is 8.83 Å². The maximum atomic E-state index is 5.34. The highest BCUT2D eigenvalue weighted by molar-refractivity contribution is 7.11. The molecule has 13 aromatic rings. The molecule has 0 aliphatic heterocycles. The van der Waals surface area contributed by atoms with E-state index in [1.165, 1.54) is 32.4 Å². The topological polar surface area (TPSA) is 339 Å². The average Bonchev–Trinajstić information content (AvgIpc) is 1.68. The van der Waals surface area contributed by atoms with Gasteiger partial charge in [0, 0.05) is 126 Å². The van der Waals surface area contributed by atoms with Crippen LogP contribution in [-0.4, -0.2) is 141 Å². The van der Waals surface area contributed by atoms with Crippen molar-refractivity contribution in [1.82, 2.24) is 134 Å². The number of rotatable bonds is 1. The van der Waals surface area contributed by atoms with Gasteiger partial charge in [-0.15, -0.1) is 26.6 Å². The van der Waals surface area contributed by atoms with Crippen LogP contribution in [0.25, 0.3) is 0 Å². The minimum absolute atomic E-state index is 0.0174. The maximum absolute atomic E-state index is 5.34. The second-order valence-corrected chi connectivity index (χ2v) is 44.6. The molecule has 0 aromatic carbocycles. The van der Waals surface area contributed by atoms with Gasteiger partial charge in [0.05, 0.1) is 87.6 Å². The summed E-state index contributed by atoms with van der Waals surface area (Å²) in [5.74, 6) is 3.93. The summed E-state index contributed by atoms with van der Waals surface area (Å²) in [4.78, 5) is 19.4. The fraction of sp³-hybridized carbons (Fsp3) is 0.628. The molecule has 0 bridgehead atoms. The van der Waals surface area contributed by atoms with Crippen LogP contribution in [-0.2, 0) is 78.2 Å². The molecule has 13 heterocycles. The lowest BCUT2D eigenvalue weighted by Crippen LogP contribution is -2.24. The van der Waals surface area contributed by atoms with Gasteiger partial charge in [-0.1, -0.05) is 151 Å². The maximum Gasteiger partial charge on any atom is 0.221 e. The van der Waals surface area contributed by atoms with Crippen molar-refractivity contribution in [2.75, 3.05) is 12.4 Å². The highest BCUT2D eigenvalue weighted by Crippen LogP contribution is 2.31. The predicted molar refractivity (Wildman–Crippen MR) is 513 cm³/mol. The first kappa shape index (κ1) is 113.